The first kappa shape index (κ1) is 79.9. The van der Waals surface area contributed by atoms with E-state index in [1.54, 1.807) is 100 Å². The van der Waals surface area contributed by atoms with E-state index in [2.05, 4.69) is 73.9 Å². The molecule has 30 nitrogen and oxygen atoms in total. The molecule has 3 unspecified atom stereocenters. The maximum absolute atomic E-state index is 13.1. The molecule has 3 atom stereocenters. The second kappa shape index (κ2) is 35.8. The number of nitrogen functional groups attached to an aromatic ring is 1. The van der Waals surface area contributed by atoms with E-state index in [-0.39, 0.29) is 70.9 Å². The largest absolute Gasteiger partial charge is 0.384 e. The monoisotopic (exact) mass is 1580 g/mol. The number of nitrogens with one attached hydrogen (secondary N) is 2. The van der Waals surface area contributed by atoms with Crippen molar-refractivity contribution in [3.63, 3.8) is 0 Å². The SMILES string of the molecule is CN(C)C(=O)c1cc2cnc(Cl)nc2n1C1CCCCC1.CN(C)C(=O)c1cc2cnc(Nc3ccc(N4CCN5CCCCC5C4=O)cn3)nc2n1C1CCCCC1.CN(C)C(=O)c1cc2cnc(Nc3ccc(N4CCN5CCCCC5C4=O)cn3)nc2n1C1CCCCC1.Nc1ccc(N2CCN3CCCCC3C2=O)cn1. The van der Waals surface area contributed by atoms with Crippen LogP contribution in [0, 0.1) is 0 Å². The van der Waals surface area contributed by atoms with Crippen molar-refractivity contribution in [2.45, 2.75) is 190 Å². The lowest BCUT2D eigenvalue weighted by atomic mass is 9.95. The van der Waals surface area contributed by atoms with Crippen molar-refractivity contribution >= 4 is 127 Å². The number of piperazine rings is 3. The molecular formula is C84H109ClN24O6. The summed E-state index contributed by atoms with van der Waals surface area (Å²) in [5, 5.41) is 9.25. The first-order valence-electron chi connectivity index (χ1n) is 41.6. The number of piperidine rings is 3. The number of anilines is 8. The molecule has 3 aliphatic carbocycles. The van der Waals surface area contributed by atoms with Crippen LogP contribution in [-0.4, -0.2) is 243 Å². The van der Waals surface area contributed by atoms with Crippen molar-refractivity contribution in [1.82, 2.24) is 88.0 Å². The molecule has 9 aromatic heterocycles. The Morgan fingerprint density at radius 1 is 0.374 bits per heavy atom. The van der Waals surface area contributed by atoms with Gasteiger partial charge in [0, 0.05) is 134 Å². The number of fused-ring (bicyclic) bond motifs is 6. The minimum absolute atomic E-state index is 0.0000957. The van der Waals surface area contributed by atoms with Crippen molar-refractivity contribution in [3.05, 3.63) is 114 Å². The van der Waals surface area contributed by atoms with Gasteiger partial charge >= 0.3 is 0 Å². The van der Waals surface area contributed by atoms with E-state index < -0.39 is 0 Å². The number of rotatable bonds is 13. The van der Waals surface area contributed by atoms with Crippen molar-refractivity contribution in [2.75, 3.05) is 132 Å². The Balaban J connectivity index is 0.000000126. The van der Waals surface area contributed by atoms with E-state index >= 15 is 0 Å². The van der Waals surface area contributed by atoms with Gasteiger partial charge in [0.15, 0.2) is 0 Å². The fourth-order valence-electron chi connectivity index (χ4n) is 18.4. The molecule has 0 radical (unpaired) electrons. The summed E-state index contributed by atoms with van der Waals surface area (Å²) in [5.41, 5.74) is 12.4. The number of nitrogens with zero attached hydrogens (tertiary/aromatic N) is 21. The minimum Gasteiger partial charge on any atom is -0.384 e. The smallest absolute Gasteiger partial charge is 0.270 e. The molecule has 6 aliphatic heterocycles. The summed E-state index contributed by atoms with van der Waals surface area (Å²) in [7, 11) is 10.7. The van der Waals surface area contributed by atoms with Crippen molar-refractivity contribution in [1.29, 1.82) is 0 Å². The highest BCUT2D eigenvalue weighted by atomic mass is 35.5. The zero-order valence-electron chi connectivity index (χ0n) is 67.3. The van der Waals surface area contributed by atoms with Crippen LogP contribution in [0.2, 0.25) is 5.28 Å². The molecule has 31 heteroatoms. The number of nitrogens with two attached hydrogens (primary N) is 1. The van der Waals surface area contributed by atoms with Gasteiger partial charge in [0.25, 0.3) is 17.7 Å². The number of carbonyl (C=O) groups is 6. The van der Waals surface area contributed by atoms with Crippen LogP contribution >= 0.6 is 11.6 Å². The summed E-state index contributed by atoms with van der Waals surface area (Å²) in [5.74, 6) is 3.09. The zero-order valence-corrected chi connectivity index (χ0v) is 68.0. The summed E-state index contributed by atoms with van der Waals surface area (Å²) < 4.78 is 6.32. The van der Waals surface area contributed by atoms with Gasteiger partial charge < -0.3 is 59.5 Å². The highest BCUT2D eigenvalue weighted by Gasteiger charge is 2.40. The predicted molar refractivity (Wildman–Crippen MR) is 446 cm³/mol. The van der Waals surface area contributed by atoms with Crippen LogP contribution in [0.15, 0.2) is 91.8 Å². The molecule has 608 valence electrons. The predicted octanol–water partition coefficient (Wildman–Crippen LogP) is 12.1. The standard InChI is InChI=1S/2C28H36N8O2.C15H19ClN4O.C13H18N4O/c2*1-33(2)26(37)23-16-19-17-30-28(32-25(19)36(23)20-8-4-3-5-9-20)31-24-12-11-21(18-29-24)35-15-14-34-13-7-6-10-22(34)27(35)38;1-19(2)14(21)12-8-10-9-17-15(16)18-13(10)20(12)11-6-4-3-5-7-11;14-12-5-4-10(9-15-12)17-8-7-16-6-2-1-3-11(16)13(17)18/h2*11-12,16-18,20,22H,3-10,13-15H2,1-2H3,(H,29,30,31,32);8-9,11H,3-7H2,1-2H3;4-5,9,11H,1-3,6-8H2,(H2,14,15). The molecule has 15 heterocycles. The van der Waals surface area contributed by atoms with E-state index in [1.807, 2.05) is 63.2 Å². The Hall–Kier alpha value is -10.3. The van der Waals surface area contributed by atoms with Gasteiger partial charge in [-0.15, -0.1) is 0 Å². The first-order chi connectivity index (χ1) is 55.8. The Morgan fingerprint density at radius 2 is 0.696 bits per heavy atom. The van der Waals surface area contributed by atoms with Crippen LogP contribution in [0.1, 0.15) is 204 Å². The van der Waals surface area contributed by atoms with E-state index in [4.69, 9.17) is 27.3 Å². The van der Waals surface area contributed by atoms with Gasteiger partial charge in [0.05, 0.1) is 53.8 Å². The number of amides is 6. The van der Waals surface area contributed by atoms with Crippen LogP contribution in [0.3, 0.4) is 0 Å². The Labute approximate surface area is 676 Å². The van der Waals surface area contributed by atoms with E-state index in [0.717, 1.165) is 199 Å². The van der Waals surface area contributed by atoms with Crippen LogP contribution in [-0.2, 0) is 14.4 Å². The van der Waals surface area contributed by atoms with Gasteiger partial charge in [-0.3, -0.25) is 43.5 Å². The quantitative estimate of drug-likeness (QED) is 0.0903. The molecule has 18 rings (SSSR count). The van der Waals surface area contributed by atoms with Crippen molar-refractivity contribution < 1.29 is 28.8 Å². The van der Waals surface area contributed by atoms with Crippen LogP contribution in [0.5, 0.6) is 0 Å². The zero-order chi connectivity index (χ0) is 80.0. The second-order valence-electron chi connectivity index (χ2n) is 32.6. The molecule has 115 heavy (non-hydrogen) atoms. The molecule has 4 N–H and O–H groups in total. The highest BCUT2D eigenvalue weighted by Crippen LogP contribution is 2.39. The number of pyridine rings is 3. The molecule has 9 aromatic rings. The molecular weight excluding hydrogens is 1480 g/mol. The lowest BCUT2D eigenvalue weighted by Gasteiger charge is -2.42. The molecule has 3 saturated carbocycles. The number of carbonyl (C=O) groups excluding carboxylic acids is 6. The van der Waals surface area contributed by atoms with E-state index in [9.17, 15) is 28.8 Å². The summed E-state index contributed by atoms with van der Waals surface area (Å²) in [4.78, 5) is 135. The normalized spacial score (nSPS) is 20.7. The Bertz CT molecular complexity index is 4750. The van der Waals surface area contributed by atoms with Gasteiger partial charge in [-0.25, -0.2) is 29.9 Å². The van der Waals surface area contributed by atoms with Crippen LogP contribution in [0.4, 0.5) is 46.4 Å². The summed E-state index contributed by atoms with van der Waals surface area (Å²) in [6, 6.07) is 17.8. The minimum atomic E-state index is -0.0241. The van der Waals surface area contributed by atoms with E-state index in [1.165, 1.54) is 51.4 Å². The average Bonchev–Trinajstić information content (AvgIpc) is 1.56. The van der Waals surface area contributed by atoms with Gasteiger partial charge in [-0.2, -0.15) is 15.0 Å². The van der Waals surface area contributed by atoms with E-state index in [0.29, 0.717) is 65.6 Å². The topological polar surface area (TPSA) is 312 Å². The van der Waals surface area contributed by atoms with Crippen molar-refractivity contribution in [3.8, 4) is 0 Å². The number of hydrogen-bond donors (Lipinski definition) is 3. The maximum atomic E-state index is 13.1. The van der Waals surface area contributed by atoms with Gasteiger partial charge in [0.2, 0.25) is 34.9 Å². The average molecular weight is 1590 g/mol. The third-order valence-corrected chi connectivity index (χ3v) is 24.6. The van der Waals surface area contributed by atoms with Gasteiger partial charge in [-0.05, 0) is 163 Å². The van der Waals surface area contributed by atoms with Crippen LogP contribution < -0.4 is 31.1 Å². The number of halogens is 1. The van der Waals surface area contributed by atoms with Crippen molar-refractivity contribution in [2.24, 2.45) is 0 Å². The first-order valence-corrected chi connectivity index (χ1v) is 42.0. The highest BCUT2D eigenvalue weighted by molar-refractivity contribution is 6.28. The lowest BCUT2D eigenvalue weighted by Crippen LogP contribution is -2.58. The third kappa shape index (κ3) is 17.6. The Morgan fingerprint density at radius 3 is 1.02 bits per heavy atom. The number of aromatic nitrogens is 12. The summed E-state index contributed by atoms with van der Waals surface area (Å²) >= 11 is 5.95. The second-order valence-corrected chi connectivity index (χ2v) is 33.0. The summed E-state index contributed by atoms with van der Waals surface area (Å²) in [6.07, 6.45) is 37.3. The summed E-state index contributed by atoms with van der Waals surface area (Å²) in [6.45, 7) is 8.00. The Kier molecular flexibility index (Phi) is 24.9. The molecule has 0 spiro atoms. The fourth-order valence-corrected chi connectivity index (χ4v) is 18.5. The third-order valence-electron chi connectivity index (χ3n) is 24.4. The van der Waals surface area contributed by atoms with Gasteiger partial charge in [-0.1, -0.05) is 77.0 Å². The molecule has 6 amide bonds. The van der Waals surface area contributed by atoms with Crippen LogP contribution in [0.25, 0.3) is 33.1 Å². The molecule has 0 bridgehead atoms. The maximum Gasteiger partial charge on any atom is 0.270 e. The molecule has 0 aromatic carbocycles. The molecule has 9 aliphatic rings. The van der Waals surface area contributed by atoms with Gasteiger partial charge in [0.1, 0.15) is 51.5 Å². The number of hydrogen-bond acceptors (Lipinski definition) is 21. The molecule has 6 saturated heterocycles. The lowest BCUT2D eigenvalue weighted by molar-refractivity contribution is -0.127. The molecule has 9 fully saturated rings. The fraction of sp³-hybridized carbons (Fsp3) is 0.536.